The highest BCUT2D eigenvalue weighted by atomic mass is 32.1. The van der Waals surface area contributed by atoms with Crippen LogP contribution in [0.1, 0.15) is 6.92 Å². The van der Waals surface area contributed by atoms with Crippen LogP contribution in [0.4, 0.5) is 13.9 Å². The fourth-order valence-electron chi connectivity index (χ4n) is 2.63. The van der Waals surface area contributed by atoms with Crippen LogP contribution in [0.15, 0.2) is 18.2 Å². The van der Waals surface area contributed by atoms with Crippen LogP contribution < -0.4 is 4.90 Å². The third-order valence-corrected chi connectivity index (χ3v) is 4.37. The zero-order valence-corrected chi connectivity index (χ0v) is 13.7. The number of morpholine rings is 1. The second-order valence-electron chi connectivity index (χ2n) is 5.71. The minimum atomic E-state index is -0.643. The van der Waals surface area contributed by atoms with Gasteiger partial charge in [-0.3, -0.25) is 0 Å². The fraction of sp³-hybridized carbons (Fsp3) is 0.467. The topological polar surface area (TPSA) is 47.5 Å². The van der Waals surface area contributed by atoms with Gasteiger partial charge in [-0.15, -0.1) is 0 Å². The van der Waals surface area contributed by atoms with Crippen LogP contribution in [0.25, 0.3) is 11.4 Å². The molecule has 1 saturated heterocycles. The van der Waals surface area contributed by atoms with Gasteiger partial charge in [0.2, 0.25) is 5.13 Å². The van der Waals surface area contributed by atoms with Crippen LogP contribution in [0.2, 0.25) is 0 Å². The Bertz CT molecular complexity index is 673. The van der Waals surface area contributed by atoms with E-state index in [1.54, 1.807) is 7.11 Å². The molecule has 8 heteroatoms. The minimum absolute atomic E-state index is 0.323. The average molecular weight is 341 g/mol. The van der Waals surface area contributed by atoms with Crippen molar-refractivity contribution in [1.82, 2.24) is 9.36 Å². The third kappa shape index (κ3) is 3.65. The Kier molecular flexibility index (Phi) is 4.56. The summed E-state index contributed by atoms with van der Waals surface area (Å²) < 4.78 is 41.9. The van der Waals surface area contributed by atoms with Crippen LogP contribution in [-0.2, 0) is 9.47 Å². The lowest BCUT2D eigenvalue weighted by atomic mass is 10.1. The van der Waals surface area contributed by atoms with E-state index in [1.807, 2.05) is 6.92 Å². The van der Waals surface area contributed by atoms with E-state index in [0.717, 1.165) is 6.07 Å². The number of anilines is 1. The molecule has 0 saturated carbocycles. The minimum Gasteiger partial charge on any atom is -0.382 e. The molecule has 2 aromatic rings. The molecular formula is C15H17F2N3O2S. The Hall–Kier alpha value is -1.64. The summed E-state index contributed by atoms with van der Waals surface area (Å²) in [6.07, 6.45) is 0. The zero-order valence-electron chi connectivity index (χ0n) is 12.9. The number of ether oxygens (including phenoxy) is 2. The van der Waals surface area contributed by atoms with Crippen LogP contribution in [-0.4, -0.2) is 48.4 Å². The maximum Gasteiger partial charge on any atom is 0.205 e. The van der Waals surface area contributed by atoms with Gasteiger partial charge in [-0.2, -0.15) is 9.36 Å². The lowest BCUT2D eigenvalue weighted by Crippen LogP contribution is -2.52. The van der Waals surface area contributed by atoms with Crippen molar-refractivity contribution in [3.63, 3.8) is 0 Å². The predicted octanol–water partition coefficient (Wildman–Crippen LogP) is 2.73. The molecule has 1 aromatic heterocycles. The lowest BCUT2D eigenvalue weighted by Gasteiger charge is -2.39. The summed E-state index contributed by atoms with van der Waals surface area (Å²) in [7, 11) is 1.63. The van der Waals surface area contributed by atoms with Gasteiger partial charge in [-0.05, 0) is 19.1 Å². The highest BCUT2D eigenvalue weighted by Gasteiger charge is 2.33. The number of nitrogens with zero attached hydrogens (tertiary/aromatic N) is 3. The number of hydrogen-bond donors (Lipinski definition) is 0. The molecular weight excluding hydrogens is 324 g/mol. The molecule has 2 heterocycles. The van der Waals surface area contributed by atoms with Crippen molar-refractivity contribution in [2.24, 2.45) is 0 Å². The summed E-state index contributed by atoms with van der Waals surface area (Å²) in [5.41, 5.74) is -0.0815. The Morgan fingerprint density at radius 2 is 2.09 bits per heavy atom. The van der Waals surface area contributed by atoms with E-state index < -0.39 is 17.2 Å². The second-order valence-corrected chi connectivity index (χ2v) is 6.44. The summed E-state index contributed by atoms with van der Waals surface area (Å²) in [5, 5.41) is 0.704. The molecule has 1 aliphatic heterocycles. The monoisotopic (exact) mass is 341 g/mol. The van der Waals surface area contributed by atoms with E-state index in [0.29, 0.717) is 42.8 Å². The molecule has 0 amide bonds. The van der Waals surface area contributed by atoms with E-state index in [9.17, 15) is 8.78 Å². The third-order valence-electron chi connectivity index (χ3n) is 3.59. The standard InChI is InChI=1S/C15H17F2N3O2S/c1-15(9-21-2)8-20(3-4-22-15)14-18-13(19-23-14)10-5-11(16)7-12(17)6-10/h5-7H,3-4,8-9H2,1-2H3. The Labute approximate surface area is 137 Å². The molecule has 3 rings (SSSR count). The lowest BCUT2D eigenvalue weighted by molar-refractivity contribution is -0.0839. The van der Waals surface area contributed by atoms with Gasteiger partial charge in [0, 0.05) is 36.8 Å². The summed E-state index contributed by atoms with van der Waals surface area (Å²) in [6.45, 7) is 4.32. The van der Waals surface area contributed by atoms with Crippen LogP contribution in [0.3, 0.4) is 0 Å². The zero-order chi connectivity index (χ0) is 16.4. The van der Waals surface area contributed by atoms with E-state index in [4.69, 9.17) is 9.47 Å². The molecule has 1 unspecified atom stereocenters. The normalized spacial score (nSPS) is 21.7. The summed E-state index contributed by atoms with van der Waals surface area (Å²) in [4.78, 5) is 6.47. The number of halogens is 2. The molecule has 124 valence electrons. The molecule has 1 atom stereocenters. The molecule has 0 spiro atoms. The summed E-state index contributed by atoms with van der Waals surface area (Å²) in [6, 6.07) is 3.28. The van der Waals surface area contributed by atoms with Gasteiger partial charge in [-0.1, -0.05) is 0 Å². The molecule has 0 bridgehead atoms. The quantitative estimate of drug-likeness (QED) is 0.856. The first kappa shape index (κ1) is 16.2. The highest BCUT2D eigenvalue weighted by Crippen LogP contribution is 2.28. The molecule has 1 aliphatic rings. The van der Waals surface area contributed by atoms with Crippen molar-refractivity contribution in [2.45, 2.75) is 12.5 Å². The molecule has 0 aliphatic carbocycles. The van der Waals surface area contributed by atoms with Crippen molar-refractivity contribution >= 4 is 16.7 Å². The van der Waals surface area contributed by atoms with E-state index in [2.05, 4.69) is 14.3 Å². The first-order valence-electron chi connectivity index (χ1n) is 7.17. The Morgan fingerprint density at radius 1 is 1.35 bits per heavy atom. The SMILES string of the molecule is COCC1(C)CN(c2nc(-c3cc(F)cc(F)c3)ns2)CCO1. The highest BCUT2D eigenvalue weighted by molar-refractivity contribution is 7.09. The summed E-state index contributed by atoms with van der Waals surface area (Å²) in [5.74, 6) is -0.964. The maximum atomic E-state index is 13.3. The number of methoxy groups -OCH3 is 1. The average Bonchev–Trinajstić information content (AvgIpc) is 2.96. The molecule has 1 aromatic carbocycles. The van der Waals surface area contributed by atoms with E-state index in [-0.39, 0.29) is 0 Å². The van der Waals surface area contributed by atoms with Gasteiger partial charge in [0.1, 0.15) is 17.2 Å². The first-order chi connectivity index (χ1) is 11.0. The fourth-order valence-corrected chi connectivity index (χ4v) is 3.34. The van der Waals surface area contributed by atoms with Crippen molar-refractivity contribution < 1.29 is 18.3 Å². The van der Waals surface area contributed by atoms with Gasteiger partial charge < -0.3 is 14.4 Å². The predicted molar refractivity (Wildman–Crippen MR) is 83.7 cm³/mol. The number of hydrogen-bond acceptors (Lipinski definition) is 6. The van der Waals surface area contributed by atoms with Gasteiger partial charge in [0.15, 0.2) is 5.82 Å². The Morgan fingerprint density at radius 3 is 2.78 bits per heavy atom. The Balaban J connectivity index is 1.81. The van der Waals surface area contributed by atoms with Gasteiger partial charge in [-0.25, -0.2) is 8.78 Å². The van der Waals surface area contributed by atoms with E-state index in [1.165, 1.54) is 23.7 Å². The molecule has 1 fully saturated rings. The number of aromatic nitrogens is 2. The van der Waals surface area contributed by atoms with Gasteiger partial charge >= 0.3 is 0 Å². The largest absolute Gasteiger partial charge is 0.382 e. The number of benzene rings is 1. The van der Waals surface area contributed by atoms with Crippen LogP contribution >= 0.6 is 11.5 Å². The first-order valence-corrected chi connectivity index (χ1v) is 7.94. The van der Waals surface area contributed by atoms with Crippen molar-refractivity contribution in [2.75, 3.05) is 38.3 Å². The van der Waals surface area contributed by atoms with Crippen LogP contribution in [0, 0.1) is 11.6 Å². The van der Waals surface area contributed by atoms with Crippen molar-refractivity contribution in [1.29, 1.82) is 0 Å². The second kappa shape index (κ2) is 6.46. The smallest absolute Gasteiger partial charge is 0.205 e. The molecule has 23 heavy (non-hydrogen) atoms. The molecule has 5 nitrogen and oxygen atoms in total. The van der Waals surface area contributed by atoms with Crippen molar-refractivity contribution in [3.8, 4) is 11.4 Å². The van der Waals surface area contributed by atoms with Crippen LogP contribution in [0.5, 0.6) is 0 Å². The van der Waals surface area contributed by atoms with Gasteiger partial charge in [0.05, 0.1) is 19.8 Å². The molecule has 0 radical (unpaired) electrons. The molecule has 0 N–H and O–H groups in total. The van der Waals surface area contributed by atoms with Gasteiger partial charge in [0.25, 0.3) is 0 Å². The van der Waals surface area contributed by atoms with Crippen molar-refractivity contribution in [3.05, 3.63) is 29.8 Å². The van der Waals surface area contributed by atoms with E-state index >= 15 is 0 Å². The summed E-state index contributed by atoms with van der Waals surface area (Å²) >= 11 is 1.20. The maximum absolute atomic E-state index is 13.3. The number of rotatable bonds is 4.